The van der Waals surface area contributed by atoms with Crippen LogP contribution >= 0.6 is 12.4 Å². The summed E-state index contributed by atoms with van der Waals surface area (Å²) in [6, 6.07) is 13.4. The fraction of sp³-hybridized carbons (Fsp3) is 0.278. The van der Waals surface area contributed by atoms with Gasteiger partial charge in [0.1, 0.15) is 5.75 Å². The molecule has 0 saturated carbocycles. The molecule has 0 aliphatic heterocycles. The van der Waals surface area contributed by atoms with Crippen LogP contribution in [0.15, 0.2) is 48.5 Å². The van der Waals surface area contributed by atoms with Crippen LogP contribution in [-0.2, 0) is 20.6 Å². The number of halogens is 1. The molecule has 0 saturated heterocycles. The van der Waals surface area contributed by atoms with Gasteiger partial charge in [-0.3, -0.25) is 9.52 Å². The van der Waals surface area contributed by atoms with E-state index in [-0.39, 0.29) is 24.1 Å². The molecule has 0 spiro atoms. The largest absolute Gasteiger partial charge is 0.497 e. The Labute approximate surface area is 166 Å². The van der Waals surface area contributed by atoms with Crippen LogP contribution < -0.4 is 20.1 Å². The summed E-state index contributed by atoms with van der Waals surface area (Å²) in [5, 5.41) is 5.67. The normalized spacial score (nSPS) is 10.6. The Bertz CT molecular complexity index is 825. The van der Waals surface area contributed by atoms with E-state index in [4.69, 9.17) is 4.74 Å². The summed E-state index contributed by atoms with van der Waals surface area (Å²) >= 11 is 0. The molecule has 1 amide bonds. The second-order valence-corrected chi connectivity index (χ2v) is 7.41. The number of benzene rings is 2. The zero-order valence-electron chi connectivity index (χ0n) is 15.2. The van der Waals surface area contributed by atoms with Crippen LogP contribution in [0.2, 0.25) is 0 Å². The summed E-state index contributed by atoms with van der Waals surface area (Å²) in [4.78, 5) is 11.7. The molecule has 0 aliphatic rings. The van der Waals surface area contributed by atoms with Crippen LogP contribution in [0, 0.1) is 0 Å². The number of anilines is 2. The molecular formula is C18H24ClN3O4S. The maximum absolute atomic E-state index is 12.3. The van der Waals surface area contributed by atoms with Crippen molar-refractivity contribution >= 4 is 39.7 Å². The van der Waals surface area contributed by atoms with E-state index in [1.165, 1.54) is 0 Å². The Morgan fingerprint density at radius 3 is 2.15 bits per heavy atom. The number of nitrogens with one attached hydrogen (secondary N) is 3. The zero-order valence-corrected chi connectivity index (χ0v) is 16.8. The predicted molar refractivity (Wildman–Crippen MR) is 110 cm³/mol. The van der Waals surface area contributed by atoms with Crippen molar-refractivity contribution in [2.45, 2.75) is 12.2 Å². The minimum atomic E-state index is -3.54. The van der Waals surface area contributed by atoms with E-state index in [1.807, 2.05) is 0 Å². The number of carbonyl (C=O) groups excluding carboxylic acids is 1. The highest BCUT2D eigenvalue weighted by Crippen LogP contribution is 2.18. The highest BCUT2D eigenvalue weighted by atomic mass is 35.5. The number of hydrogen-bond donors (Lipinski definition) is 3. The molecule has 0 heterocycles. The van der Waals surface area contributed by atoms with E-state index < -0.39 is 10.0 Å². The minimum Gasteiger partial charge on any atom is -0.497 e. The van der Waals surface area contributed by atoms with Crippen LogP contribution in [0.25, 0.3) is 0 Å². The predicted octanol–water partition coefficient (Wildman–Crippen LogP) is 2.61. The summed E-state index contributed by atoms with van der Waals surface area (Å²) in [5.41, 5.74) is 1.73. The first kappa shape index (κ1) is 22.8. The van der Waals surface area contributed by atoms with Crippen molar-refractivity contribution in [3.63, 3.8) is 0 Å². The van der Waals surface area contributed by atoms with Crippen LogP contribution in [-0.4, -0.2) is 35.0 Å². The number of amides is 1. The molecule has 0 atom stereocenters. The van der Waals surface area contributed by atoms with Gasteiger partial charge < -0.3 is 15.4 Å². The van der Waals surface area contributed by atoms with Gasteiger partial charge in [0, 0.05) is 24.3 Å². The smallest absolute Gasteiger partial charge is 0.236 e. The third-order valence-corrected chi connectivity index (χ3v) is 4.82. The van der Waals surface area contributed by atoms with Crippen molar-refractivity contribution < 1.29 is 17.9 Å². The fourth-order valence-corrected chi connectivity index (χ4v) is 3.44. The summed E-state index contributed by atoms with van der Waals surface area (Å²) in [5.74, 6) is 0.397. The van der Waals surface area contributed by atoms with Gasteiger partial charge in [0.2, 0.25) is 15.9 Å². The molecule has 0 aliphatic carbocycles. The zero-order chi connectivity index (χ0) is 19.0. The lowest BCUT2D eigenvalue weighted by molar-refractivity contribution is -0.116. The molecule has 0 fully saturated rings. The fourth-order valence-electron chi connectivity index (χ4n) is 2.24. The maximum atomic E-state index is 12.3. The Balaban J connectivity index is 0.00000364. The van der Waals surface area contributed by atoms with E-state index in [0.29, 0.717) is 35.7 Å². The third kappa shape index (κ3) is 7.86. The van der Waals surface area contributed by atoms with Gasteiger partial charge in [0.05, 0.1) is 12.9 Å². The monoisotopic (exact) mass is 413 g/mol. The van der Waals surface area contributed by atoms with E-state index in [2.05, 4.69) is 15.4 Å². The molecule has 2 aromatic carbocycles. The van der Waals surface area contributed by atoms with Gasteiger partial charge >= 0.3 is 0 Å². The van der Waals surface area contributed by atoms with Gasteiger partial charge in [0.15, 0.2) is 0 Å². The summed E-state index contributed by atoms with van der Waals surface area (Å²) < 4.78 is 32.1. The van der Waals surface area contributed by atoms with Crippen LogP contribution in [0.5, 0.6) is 5.75 Å². The van der Waals surface area contributed by atoms with E-state index in [0.717, 1.165) is 0 Å². The van der Waals surface area contributed by atoms with Crippen molar-refractivity contribution in [2.75, 3.05) is 30.7 Å². The van der Waals surface area contributed by atoms with Gasteiger partial charge in [-0.15, -0.1) is 12.4 Å². The average Bonchev–Trinajstić information content (AvgIpc) is 2.61. The molecule has 7 nitrogen and oxygen atoms in total. The average molecular weight is 414 g/mol. The van der Waals surface area contributed by atoms with Crippen molar-refractivity contribution in [3.05, 3.63) is 54.1 Å². The molecule has 0 radical (unpaired) electrons. The van der Waals surface area contributed by atoms with E-state index in [9.17, 15) is 13.2 Å². The molecule has 2 rings (SSSR count). The third-order valence-electron chi connectivity index (χ3n) is 3.56. The number of methoxy groups -OCH3 is 1. The first-order valence-corrected chi connectivity index (χ1v) is 9.75. The Hall–Kier alpha value is -2.29. The van der Waals surface area contributed by atoms with Gasteiger partial charge in [-0.25, -0.2) is 8.42 Å². The van der Waals surface area contributed by atoms with E-state index >= 15 is 0 Å². The summed E-state index contributed by atoms with van der Waals surface area (Å²) in [6.45, 7) is 0.596. The molecule has 148 valence electrons. The number of rotatable bonds is 9. The lowest BCUT2D eigenvalue weighted by Crippen LogP contribution is -2.18. The number of ether oxygens (including phenoxy) is 1. The molecule has 2 aromatic rings. The van der Waals surface area contributed by atoms with Crippen LogP contribution in [0.4, 0.5) is 11.4 Å². The maximum Gasteiger partial charge on any atom is 0.236 e. The van der Waals surface area contributed by atoms with E-state index in [1.54, 1.807) is 62.7 Å². The summed E-state index contributed by atoms with van der Waals surface area (Å²) in [6.07, 6.45) is 0.373. The minimum absolute atomic E-state index is 0. The van der Waals surface area contributed by atoms with Crippen molar-refractivity contribution in [1.82, 2.24) is 5.32 Å². The standard InChI is InChI=1S/C18H23N3O4S.ClH/c1-19-12-11-18(22)20-15-5-3-14(4-6-15)13-26(23,24)21-16-7-9-17(25-2)10-8-16;/h3-10,19,21H,11-13H2,1-2H3,(H,20,22);1H. The topological polar surface area (TPSA) is 96.5 Å². The molecule has 9 heteroatoms. The lowest BCUT2D eigenvalue weighted by Gasteiger charge is -2.10. The lowest BCUT2D eigenvalue weighted by atomic mass is 10.2. The SMILES string of the molecule is CNCCC(=O)Nc1ccc(CS(=O)(=O)Nc2ccc(OC)cc2)cc1.Cl. The number of hydrogen-bond acceptors (Lipinski definition) is 5. The highest BCUT2D eigenvalue weighted by molar-refractivity contribution is 7.91. The van der Waals surface area contributed by atoms with Crippen molar-refractivity contribution in [3.8, 4) is 5.75 Å². The quantitative estimate of drug-likeness (QED) is 0.587. The van der Waals surface area contributed by atoms with Gasteiger partial charge in [-0.1, -0.05) is 12.1 Å². The summed E-state index contributed by atoms with van der Waals surface area (Å²) in [7, 11) is -0.214. The van der Waals surface area contributed by atoms with Gasteiger partial charge in [-0.05, 0) is 49.0 Å². The first-order chi connectivity index (χ1) is 12.4. The molecular weight excluding hydrogens is 390 g/mol. The second kappa shape index (κ2) is 10.8. The first-order valence-electron chi connectivity index (χ1n) is 8.10. The molecule has 27 heavy (non-hydrogen) atoms. The second-order valence-electron chi connectivity index (χ2n) is 5.69. The highest BCUT2D eigenvalue weighted by Gasteiger charge is 2.12. The van der Waals surface area contributed by atoms with Crippen LogP contribution in [0.3, 0.4) is 0 Å². The van der Waals surface area contributed by atoms with Gasteiger partial charge in [0.25, 0.3) is 0 Å². The van der Waals surface area contributed by atoms with Crippen LogP contribution in [0.1, 0.15) is 12.0 Å². The Morgan fingerprint density at radius 2 is 1.59 bits per heavy atom. The van der Waals surface area contributed by atoms with Crippen molar-refractivity contribution in [2.24, 2.45) is 0 Å². The number of carbonyl (C=O) groups is 1. The Kier molecular flexibility index (Phi) is 9.07. The molecule has 0 bridgehead atoms. The van der Waals surface area contributed by atoms with Crippen molar-refractivity contribution in [1.29, 1.82) is 0 Å². The molecule has 0 aromatic heterocycles. The molecule has 3 N–H and O–H groups in total. The molecule has 0 unspecified atom stereocenters. The van der Waals surface area contributed by atoms with Gasteiger partial charge in [-0.2, -0.15) is 0 Å². The Morgan fingerprint density at radius 1 is 1.00 bits per heavy atom. The number of sulfonamides is 1.